The van der Waals surface area contributed by atoms with E-state index in [0.717, 1.165) is 0 Å². The number of halogens is 3. The van der Waals surface area contributed by atoms with Crippen LogP contribution in [0.2, 0.25) is 0 Å². The lowest BCUT2D eigenvalue weighted by molar-refractivity contribution is -0.164. The maximum atomic E-state index is 11.9. The van der Waals surface area contributed by atoms with Gasteiger partial charge in [-0.3, -0.25) is 4.79 Å². The number of para-hydroxylation sites is 1. The molecule has 0 amide bonds. The Labute approximate surface area is 94.8 Å². The molecule has 0 saturated carbocycles. The van der Waals surface area contributed by atoms with E-state index in [9.17, 15) is 18.0 Å². The van der Waals surface area contributed by atoms with Gasteiger partial charge in [0.1, 0.15) is 12.2 Å². The van der Waals surface area contributed by atoms with Crippen molar-refractivity contribution in [3.63, 3.8) is 0 Å². The topological polar surface area (TPSA) is 26.3 Å². The summed E-state index contributed by atoms with van der Waals surface area (Å²) in [6.07, 6.45) is -4.36. The Balaban J connectivity index is 2.70. The Bertz CT molecular complexity index is 377. The SMILES string of the molecule is CSc1ccccc1OC(=O)CC(F)(F)F. The molecule has 88 valence electrons. The monoisotopic (exact) mass is 250 g/mol. The largest absolute Gasteiger partial charge is 0.425 e. The third kappa shape index (κ3) is 4.14. The van der Waals surface area contributed by atoms with Crippen LogP contribution in [0.1, 0.15) is 6.42 Å². The van der Waals surface area contributed by atoms with Crippen molar-refractivity contribution in [3.05, 3.63) is 24.3 Å². The van der Waals surface area contributed by atoms with Gasteiger partial charge in [-0.05, 0) is 18.4 Å². The van der Waals surface area contributed by atoms with E-state index in [2.05, 4.69) is 4.74 Å². The van der Waals surface area contributed by atoms with E-state index >= 15 is 0 Å². The Kier molecular flexibility index (Phi) is 4.23. The molecule has 1 aromatic rings. The molecule has 0 saturated heterocycles. The summed E-state index contributed by atoms with van der Waals surface area (Å²) in [6, 6.07) is 6.43. The second-order valence-electron chi connectivity index (χ2n) is 2.92. The molecule has 2 nitrogen and oxygen atoms in total. The first-order valence-electron chi connectivity index (χ1n) is 4.33. The van der Waals surface area contributed by atoms with Gasteiger partial charge >= 0.3 is 12.1 Å². The second-order valence-corrected chi connectivity index (χ2v) is 3.76. The van der Waals surface area contributed by atoms with Crippen LogP contribution in [0.5, 0.6) is 5.75 Å². The standard InChI is InChI=1S/C10H9F3O2S/c1-16-8-5-3-2-4-7(8)15-9(14)6-10(11,12)13/h2-5H,6H2,1H3. The van der Waals surface area contributed by atoms with Crippen LogP contribution >= 0.6 is 11.8 Å². The van der Waals surface area contributed by atoms with Crippen LogP contribution in [-0.4, -0.2) is 18.4 Å². The predicted octanol–water partition coefficient (Wildman–Crippen LogP) is 3.27. The van der Waals surface area contributed by atoms with Crippen molar-refractivity contribution in [3.8, 4) is 5.75 Å². The molecule has 6 heteroatoms. The molecule has 0 N–H and O–H groups in total. The number of thioether (sulfide) groups is 1. The number of benzene rings is 1. The minimum atomic E-state index is -4.54. The smallest absolute Gasteiger partial charge is 0.399 e. The molecule has 1 rings (SSSR count). The highest BCUT2D eigenvalue weighted by Gasteiger charge is 2.32. The molecular weight excluding hydrogens is 241 g/mol. The number of esters is 1. The zero-order valence-electron chi connectivity index (χ0n) is 8.38. The van der Waals surface area contributed by atoms with Crippen LogP contribution in [0.3, 0.4) is 0 Å². The molecule has 1 aromatic carbocycles. The maximum Gasteiger partial charge on any atom is 0.399 e. The van der Waals surface area contributed by atoms with E-state index in [1.54, 1.807) is 24.5 Å². The number of hydrogen-bond acceptors (Lipinski definition) is 3. The van der Waals surface area contributed by atoms with Crippen LogP contribution in [0, 0.1) is 0 Å². The van der Waals surface area contributed by atoms with Crippen molar-refractivity contribution < 1.29 is 22.7 Å². The van der Waals surface area contributed by atoms with Gasteiger partial charge in [-0.2, -0.15) is 13.2 Å². The first-order chi connectivity index (χ1) is 7.42. The number of carbonyl (C=O) groups excluding carboxylic acids is 1. The molecule has 0 fully saturated rings. The normalized spacial score (nSPS) is 11.2. The fourth-order valence-electron chi connectivity index (χ4n) is 1.03. The van der Waals surface area contributed by atoms with E-state index in [1.807, 2.05) is 0 Å². The number of hydrogen-bond donors (Lipinski definition) is 0. The summed E-state index contributed by atoms with van der Waals surface area (Å²) in [5.41, 5.74) is 0. The molecule has 0 aliphatic rings. The molecule has 0 atom stereocenters. The quantitative estimate of drug-likeness (QED) is 0.468. The Hall–Kier alpha value is -1.17. The van der Waals surface area contributed by atoms with Crippen molar-refractivity contribution in [1.82, 2.24) is 0 Å². The fourth-order valence-corrected chi connectivity index (χ4v) is 1.55. The minimum Gasteiger partial charge on any atom is -0.425 e. The van der Waals surface area contributed by atoms with Gasteiger partial charge in [0.05, 0.1) is 0 Å². The van der Waals surface area contributed by atoms with E-state index < -0.39 is 18.6 Å². The average Bonchev–Trinajstić information content (AvgIpc) is 2.15. The number of rotatable bonds is 3. The molecule has 0 radical (unpaired) electrons. The summed E-state index contributed by atoms with van der Waals surface area (Å²) < 4.78 is 40.3. The third-order valence-electron chi connectivity index (χ3n) is 1.64. The third-order valence-corrected chi connectivity index (χ3v) is 2.41. The summed E-state index contributed by atoms with van der Waals surface area (Å²) in [5, 5.41) is 0. The molecule has 0 heterocycles. The number of ether oxygens (including phenoxy) is 1. The fraction of sp³-hybridized carbons (Fsp3) is 0.300. The molecular formula is C10H9F3O2S. The van der Waals surface area contributed by atoms with Gasteiger partial charge < -0.3 is 4.74 Å². The molecule has 0 aliphatic heterocycles. The highest BCUT2D eigenvalue weighted by Crippen LogP contribution is 2.28. The Morgan fingerprint density at radius 1 is 1.38 bits per heavy atom. The summed E-state index contributed by atoms with van der Waals surface area (Å²) >= 11 is 1.30. The molecule has 0 spiro atoms. The first-order valence-corrected chi connectivity index (χ1v) is 5.55. The van der Waals surface area contributed by atoms with Gasteiger partial charge in [-0.1, -0.05) is 12.1 Å². The Morgan fingerprint density at radius 3 is 2.56 bits per heavy atom. The maximum absolute atomic E-state index is 11.9. The zero-order chi connectivity index (χ0) is 12.2. The summed E-state index contributed by atoms with van der Waals surface area (Å²) in [7, 11) is 0. The van der Waals surface area contributed by atoms with Crippen LogP contribution in [0.25, 0.3) is 0 Å². The highest BCUT2D eigenvalue weighted by molar-refractivity contribution is 7.98. The molecule has 0 aromatic heterocycles. The van der Waals surface area contributed by atoms with Crippen LogP contribution in [0.15, 0.2) is 29.2 Å². The van der Waals surface area contributed by atoms with Crippen molar-refractivity contribution in [2.24, 2.45) is 0 Å². The van der Waals surface area contributed by atoms with Crippen molar-refractivity contribution in [2.75, 3.05) is 6.26 Å². The van der Waals surface area contributed by atoms with E-state index in [1.165, 1.54) is 17.8 Å². The Morgan fingerprint density at radius 2 is 2.00 bits per heavy atom. The molecule has 0 unspecified atom stereocenters. The lowest BCUT2D eigenvalue weighted by Gasteiger charge is -2.09. The van der Waals surface area contributed by atoms with Gasteiger partial charge in [0.2, 0.25) is 0 Å². The number of carbonyl (C=O) groups is 1. The van der Waals surface area contributed by atoms with Crippen molar-refractivity contribution in [1.29, 1.82) is 0 Å². The van der Waals surface area contributed by atoms with Gasteiger partial charge in [0.25, 0.3) is 0 Å². The van der Waals surface area contributed by atoms with Crippen molar-refractivity contribution >= 4 is 17.7 Å². The minimum absolute atomic E-state index is 0.157. The van der Waals surface area contributed by atoms with Crippen LogP contribution in [-0.2, 0) is 4.79 Å². The number of alkyl halides is 3. The summed E-state index contributed by atoms with van der Waals surface area (Å²) in [5.74, 6) is -1.14. The van der Waals surface area contributed by atoms with Gasteiger partial charge in [0, 0.05) is 4.90 Å². The lowest BCUT2D eigenvalue weighted by atomic mass is 10.3. The van der Waals surface area contributed by atoms with E-state index in [4.69, 9.17) is 0 Å². The van der Waals surface area contributed by atoms with Crippen LogP contribution < -0.4 is 4.74 Å². The lowest BCUT2D eigenvalue weighted by Crippen LogP contribution is -2.19. The molecule has 0 bridgehead atoms. The zero-order valence-corrected chi connectivity index (χ0v) is 9.19. The first kappa shape index (κ1) is 12.9. The van der Waals surface area contributed by atoms with Crippen LogP contribution in [0.4, 0.5) is 13.2 Å². The average molecular weight is 250 g/mol. The summed E-state index contributed by atoms with van der Waals surface area (Å²) in [6.45, 7) is 0. The van der Waals surface area contributed by atoms with E-state index in [-0.39, 0.29) is 5.75 Å². The van der Waals surface area contributed by atoms with E-state index in [0.29, 0.717) is 4.90 Å². The molecule has 16 heavy (non-hydrogen) atoms. The predicted molar refractivity (Wildman–Crippen MR) is 54.5 cm³/mol. The molecule has 0 aliphatic carbocycles. The summed E-state index contributed by atoms with van der Waals surface area (Å²) in [4.78, 5) is 11.6. The highest BCUT2D eigenvalue weighted by atomic mass is 32.2. The van der Waals surface area contributed by atoms with Crippen molar-refractivity contribution in [2.45, 2.75) is 17.5 Å². The van der Waals surface area contributed by atoms with Gasteiger partial charge in [-0.25, -0.2) is 0 Å². The second kappa shape index (κ2) is 5.25. The van der Waals surface area contributed by atoms with Gasteiger partial charge in [0.15, 0.2) is 0 Å². The van der Waals surface area contributed by atoms with Gasteiger partial charge in [-0.15, -0.1) is 11.8 Å².